The van der Waals surface area contributed by atoms with Crippen LogP contribution in [0.15, 0.2) is 24.3 Å². The van der Waals surface area contributed by atoms with Crippen LogP contribution in [0.25, 0.3) is 0 Å². The molecule has 0 heterocycles. The van der Waals surface area contributed by atoms with E-state index in [2.05, 4.69) is 0 Å². The standard InChI is InChI=1S/C14H18ClNO4/c1-2-8-16(10-14(18)19)13(17)7-9-20-12-5-3-11(15)4-6-12/h3-6H,2,7-10H2,1H3,(H,18,19). The molecule has 110 valence electrons. The van der Waals surface area contributed by atoms with E-state index >= 15 is 0 Å². The lowest BCUT2D eigenvalue weighted by atomic mass is 10.3. The second-order valence-corrected chi connectivity index (χ2v) is 4.70. The molecule has 1 rings (SSSR count). The number of rotatable bonds is 8. The first-order chi connectivity index (χ1) is 9.52. The van der Waals surface area contributed by atoms with Gasteiger partial charge in [-0.2, -0.15) is 0 Å². The van der Waals surface area contributed by atoms with Gasteiger partial charge in [0, 0.05) is 11.6 Å². The summed E-state index contributed by atoms with van der Waals surface area (Å²) in [5.41, 5.74) is 0. The number of ether oxygens (including phenoxy) is 1. The van der Waals surface area contributed by atoms with Crippen LogP contribution in [0.5, 0.6) is 5.75 Å². The fraction of sp³-hybridized carbons (Fsp3) is 0.429. The minimum Gasteiger partial charge on any atom is -0.493 e. The molecule has 0 aromatic heterocycles. The van der Waals surface area contributed by atoms with E-state index < -0.39 is 5.97 Å². The third-order valence-corrected chi connectivity index (χ3v) is 2.82. The van der Waals surface area contributed by atoms with Crippen molar-refractivity contribution in [2.24, 2.45) is 0 Å². The summed E-state index contributed by atoms with van der Waals surface area (Å²) in [5, 5.41) is 9.37. The zero-order valence-electron chi connectivity index (χ0n) is 11.3. The van der Waals surface area contributed by atoms with Gasteiger partial charge in [-0.05, 0) is 30.7 Å². The molecule has 0 aliphatic rings. The number of nitrogens with zero attached hydrogens (tertiary/aromatic N) is 1. The maximum Gasteiger partial charge on any atom is 0.323 e. The van der Waals surface area contributed by atoms with E-state index in [1.807, 2.05) is 6.92 Å². The van der Waals surface area contributed by atoms with Crippen LogP contribution in [0.3, 0.4) is 0 Å². The summed E-state index contributed by atoms with van der Waals surface area (Å²) in [6.45, 7) is 2.27. The first-order valence-electron chi connectivity index (χ1n) is 6.41. The molecular formula is C14H18ClNO4. The van der Waals surface area contributed by atoms with Crippen molar-refractivity contribution in [1.82, 2.24) is 4.90 Å². The highest BCUT2D eigenvalue weighted by molar-refractivity contribution is 6.30. The Morgan fingerprint density at radius 1 is 1.30 bits per heavy atom. The van der Waals surface area contributed by atoms with Crippen LogP contribution in [0.1, 0.15) is 19.8 Å². The third-order valence-electron chi connectivity index (χ3n) is 2.57. The Morgan fingerprint density at radius 3 is 2.50 bits per heavy atom. The van der Waals surface area contributed by atoms with Crippen molar-refractivity contribution >= 4 is 23.5 Å². The molecule has 1 N–H and O–H groups in total. The van der Waals surface area contributed by atoms with E-state index in [9.17, 15) is 9.59 Å². The number of benzene rings is 1. The predicted octanol–water partition coefficient (Wildman–Crippen LogP) is 2.43. The fourth-order valence-corrected chi connectivity index (χ4v) is 1.80. The van der Waals surface area contributed by atoms with Crippen LogP contribution in [0.2, 0.25) is 5.02 Å². The molecule has 0 unspecified atom stereocenters. The summed E-state index contributed by atoms with van der Waals surface area (Å²) >= 11 is 5.75. The van der Waals surface area contributed by atoms with Crippen molar-refractivity contribution in [1.29, 1.82) is 0 Å². The van der Waals surface area contributed by atoms with E-state index in [0.717, 1.165) is 6.42 Å². The molecule has 0 aliphatic carbocycles. The lowest BCUT2D eigenvalue weighted by Crippen LogP contribution is -2.36. The maximum atomic E-state index is 11.9. The molecule has 0 aliphatic heterocycles. The molecule has 5 nitrogen and oxygen atoms in total. The van der Waals surface area contributed by atoms with Gasteiger partial charge in [0.2, 0.25) is 5.91 Å². The Hall–Kier alpha value is -1.75. The molecule has 0 bridgehead atoms. The fourth-order valence-electron chi connectivity index (χ4n) is 1.67. The molecule has 0 radical (unpaired) electrons. The van der Waals surface area contributed by atoms with Crippen LogP contribution in [0, 0.1) is 0 Å². The smallest absolute Gasteiger partial charge is 0.323 e. The molecule has 20 heavy (non-hydrogen) atoms. The number of carbonyl (C=O) groups excluding carboxylic acids is 1. The highest BCUT2D eigenvalue weighted by Gasteiger charge is 2.15. The summed E-state index contributed by atoms with van der Waals surface area (Å²) in [7, 11) is 0. The van der Waals surface area contributed by atoms with E-state index in [1.54, 1.807) is 24.3 Å². The van der Waals surface area contributed by atoms with E-state index in [0.29, 0.717) is 17.3 Å². The molecule has 1 amide bonds. The van der Waals surface area contributed by atoms with Gasteiger partial charge in [-0.1, -0.05) is 18.5 Å². The average molecular weight is 300 g/mol. The van der Waals surface area contributed by atoms with Gasteiger partial charge >= 0.3 is 5.97 Å². The molecule has 6 heteroatoms. The van der Waals surface area contributed by atoms with Crippen LogP contribution in [0.4, 0.5) is 0 Å². The number of carboxylic acids is 1. The van der Waals surface area contributed by atoms with Crippen molar-refractivity contribution in [2.45, 2.75) is 19.8 Å². The Morgan fingerprint density at radius 2 is 1.95 bits per heavy atom. The molecule has 0 saturated heterocycles. The van der Waals surface area contributed by atoms with Crippen LogP contribution in [-0.2, 0) is 9.59 Å². The maximum absolute atomic E-state index is 11.9. The minimum atomic E-state index is -1.01. The molecule has 0 atom stereocenters. The van der Waals surface area contributed by atoms with Gasteiger partial charge in [0.1, 0.15) is 12.3 Å². The third kappa shape index (κ3) is 5.93. The van der Waals surface area contributed by atoms with Crippen LogP contribution < -0.4 is 4.74 Å². The number of carbonyl (C=O) groups is 2. The highest BCUT2D eigenvalue weighted by atomic mass is 35.5. The molecule has 1 aromatic carbocycles. The van der Waals surface area contributed by atoms with Crippen molar-refractivity contribution in [3.05, 3.63) is 29.3 Å². The van der Waals surface area contributed by atoms with E-state index in [1.165, 1.54) is 4.90 Å². The van der Waals surface area contributed by atoms with Gasteiger partial charge in [0.05, 0.1) is 13.0 Å². The Kier molecular flexibility index (Phi) is 6.87. The second-order valence-electron chi connectivity index (χ2n) is 4.26. The number of amides is 1. The topological polar surface area (TPSA) is 66.8 Å². The van der Waals surface area contributed by atoms with Gasteiger partial charge in [0.15, 0.2) is 0 Å². The van der Waals surface area contributed by atoms with Crippen molar-refractivity contribution < 1.29 is 19.4 Å². The SMILES string of the molecule is CCCN(CC(=O)O)C(=O)CCOc1ccc(Cl)cc1. The lowest BCUT2D eigenvalue weighted by molar-refractivity contribution is -0.144. The summed E-state index contributed by atoms with van der Waals surface area (Å²) in [6.07, 6.45) is 0.868. The minimum absolute atomic E-state index is 0.149. The summed E-state index contributed by atoms with van der Waals surface area (Å²) in [6, 6.07) is 6.83. The summed E-state index contributed by atoms with van der Waals surface area (Å²) in [4.78, 5) is 23.9. The monoisotopic (exact) mass is 299 g/mol. The van der Waals surface area contributed by atoms with Crippen LogP contribution >= 0.6 is 11.6 Å². The van der Waals surface area contributed by atoms with Gasteiger partial charge in [-0.25, -0.2) is 0 Å². The molecule has 0 saturated carbocycles. The second kappa shape index (κ2) is 8.43. The first kappa shape index (κ1) is 16.3. The first-order valence-corrected chi connectivity index (χ1v) is 6.78. The van der Waals surface area contributed by atoms with Gasteiger partial charge in [0.25, 0.3) is 0 Å². The largest absolute Gasteiger partial charge is 0.493 e. The van der Waals surface area contributed by atoms with Crippen molar-refractivity contribution in [2.75, 3.05) is 19.7 Å². The molecule has 0 fully saturated rings. The van der Waals surface area contributed by atoms with E-state index in [4.69, 9.17) is 21.4 Å². The van der Waals surface area contributed by atoms with Gasteiger partial charge in [-0.3, -0.25) is 9.59 Å². The predicted molar refractivity (Wildman–Crippen MR) is 76.1 cm³/mol. The van der Waals surface area contributed by atoms with Crippen LogP contribution in [-0.4, -0.2) is 41.6 Å². The number of hydrogen-bond acceptors (Lipinski definition) is 3. The number of carboxylic acid groups (broad SMARTS) is 1. The Labute approximate surface area is 123 Å². The van der Waals surface area contributed by atoms with Crippen molar-refractivity contribution in [3.63, 3.8) is 0 Å². The highest BCUT2D eigenvalue weighted by Crippen LogP contribution is 2.15. The zero-order valence-corrected chi connectivity index (χ0v) is 12.1. The Bertz CT molecular complexity index is 447. The summed E-state index contributed by atoms with van der Waals surface area (Å²) in [5.74, 6) is -0.601. The number of aliphatic carboxylic acids is 1. The normalized spacial score (nSPS) is 10.1. The zero-order chi connectivity index (χ0) is 15.0. The lowest BCUT2D eigenvalue weighted by Gasteiger charge is -2.19. The van der Waals surface area contributed by atoms with E-state index in [-0.39, 0.29) is 25.5 Å². The number of halogens is 1. The average Bonchev–Trinajstić information content (AvgIpc) is 2.40. The van der Waals surface area contributed by atoms with Gasteiger partial charge in [-0.15, -0.1) is 0 Å². The number of hydrogen-bond donors (Lipinski definition) is 1. The quantitative estimate of drug-likeness (QED) is 0.800. The molecule has 1 aromatic rings. The van der Waals surface area contributed by atoms with Crippen molar-refractivity contribution in [3.8, 4) is 5.75 Å². The molecular weight excluding hydrogens is 282 g/mol. The Balaban J connectivity index is 2.40. The summed E-state index contributed by atoms with van der Waals surface area (Å²) < 4.78 is 5.41. The molecule has 0 spiro atoms. The van der Waals surface area contributed by atoms with Gasteiger partial charge < -0.3 is 14.7 Å².